The van der Waals surface area contributed by atoms with Crippen molar-refractivity contribution in [1.82, 2.24) is 15.6 Å². The van der Waals surface area contributed by atoms with E-state index in [9.17, 15) is 24.0 Å². The average molecular weight is 2030 g/mol. The Hall–Kier alpha value is -20.0. The number of aromatic nitrogens is 1. The molecule has 15 aromatic rings. The van der Waals surface area contributed by atoms with Gasteiger partial charge < -0.3 is 159 Å². The molecule has 27 rings (SSSR count). The highest BCUT2D eigenvalue weighted by atomic mass is 16.7. The smallest absolute Gasteiger partial charge is 0.257 e. The van der Waals surface area contributed by atoms with Gasteiger partial charge in [0.25, 0.3) is 23.6 Å². The molecule has 0 saturated heterocycles. The standard InChI is InChI=1S/C22H16O6.C21H15NO6.C19H13NO6.C18H17NO6.C16H13NO5.C15H11NO5/c23-18(15-3-7-19-21(10-15)26-12-24-19)9-14-1-4-16(5-2-14)28-17-6-8-20-22(11-17)27-13-25-20;23-21(13-5-7-17-19(9-13)26-11-24-17)22-15-3-1-2-4-16(15)28-14-6-8-18-20(10-14)27-12-25-18;1-2-18(25-12-4-6-14-16(8-12)23-10-21-14)20-19(3-1)26-13-5-7-15-17(9-13)24-11-22-15;20-18(9-21-13-2-4-15-17(8-13)25-11-23-15)19-6-5-12-1-3-14-16(7-12)24-10-22-14;18-16(11-2-4-13-15(6-11)22-9-20-13)17-7-10-1-3-12-14(5-10)21-8-19-12;17-15(9-1-3-11-13(5-9)20-7-18-11)16-10-2-4-12-14(6-10)21-8-19-12/h1-8,10-11H,9,12-13H2;1-10H,11-12H2,(H,22,23);1-9H,10-11H2;1-4,7-8H,5-6,9-11H2,(H,19,20);1-6H,7-9H2,(H,17,18);1-6H,7-8H2,(H,16,17). The van der Waals surface area contributed by atoms with E-state index in [0.29, 0.717) is 232 Å². The Balaban J connectivity index is 0.000000102. The number of para-hydroxylation sites is 2. The minimum atomic E-state index is -0.278. The Morgan fingerprint density at radius 3 is 1.02 bits per heavy atom. The van der Waals surface area contributed by atoms with Crippen molar-refractivity contribution in [1.29, 1.82) is 0 Å². The van der Waals surface area contributed by atoms with Crippen molar-refractivity contribution in [3.63, 3.8) is 0 Å². The van der Waals surface area contributed by atoms with E-state index in [0.717, 1.165) is 33.9 Å². The van der Waals surface area contributed by atoms with Crippen LogP contribution in [0.4, 0.5) is 11.4 Å². The lowest BCUT2D eigenvalue weighted by Gasteiger charge is -2.13. The molecule has 13 heterocycles. The highest BCUT2D eigenvalue weighted by Crippen LogP contribution is 2.46. The molecule has 0 fully saturated rings. The molecule has 758 valence electrons. The maximum absolute atomic E-state index is 12.7. The highest BCUT2D eigenvalue weighted by Gasteiger charge is 2.28. The normalized spacial score (nSPS) is 13.6. The summed E-state index contributed by atoms with van der Waals surface area (Å²) >= 11 is 0. The van der Waals surface area contributed by atoms with Crippen molar-refractivity contribution in [2.24, 2.45) is 0 Å². The fourth-order valence-corrected chi connectivity index (χ4v) is 15.9. The summed E-state index contributed by atoms with van der Waals surface area (Å²) in [5, 5.41) is 11.4. The molecule has 0 atom stereocenters. The van der Waals surface area contributed by atoms with Crippen molar-refractivity contribution in [2.45, 2.75) is 19.4 Å². The number of ketones is 1. The van der Waals surface area contributed by atoms with Crippen LogP contribution in [0, 0.1) is 0 Å². The van der Waals surface area contributed by atoms with Crippen molar-refractivity contribution in [3.8, 4) is 190 Å². The van der Waals surface area contributed by atoms with Gasteiger partial charge in [-0.25, -0.2) is 0 Å². The van der Waals surface area contributed by atoms with E-state index in [1.807, 2.05) is 84.9 Å². The molecule has 4 N–H and O–H groups in total. The summed E-state index contributed by atoms with van der Waals surface area (Å²) in [5.41, 5.74) is 6.19. The Bertz CT molecular complexity index is 7540. The first kappa shape index (κ1) is 94.9. The van der Waals surface area contributed by atoms with Crippen molar-refractivity contribution < 1.29 is 161 Å². The molecule has 4 amide bonds. The molecule has 0 bridgehead atoms. The fraction of sp³-hybridized carbons (Fsp3) is 0.153. The molecule has 14 aromatic carbocycles. The number of nitrogens with one attached hydrogen (secondary N) is 4. The third-order valence-electron chi connectivity index (χ3n) is 23.4. The van der Waals surface area contributed by atoms with Gasteiger partial charge in [0.2, 0.25) is 93.3 Å². The summed E-state index contributed by atoms with van der Waals surface area (Å²) in [4.78, 5) is 65.9. The number of fused-ring (bicyclic) bond motifs is 12. The molecule has 12 aliphatic rings. The SMILES string of the molecule is O=C(COc1ccc2c(c1)OCO2)NCCc1ccc2c(c1)OCO2.O=C(Cc1ccc(Oc2ccc3c(c2)OCO3)cc1)c1ccc2c(c1)OCO2.O=C(NCc1ccc2c(c1)OCO2)c1ccc2c(c1)OCO2.O=C(Nc1ccc2c(c1)OCO2)c1ccc2c(c1)OCO2.O=C(Nc1ccccc1Oc1ccc2c(c1)OCO2)c1ccc2c(c1)OCO2.c1cc(Oc2ccc3c(c2)OCO3)nc(Oc2ccc3c(c2)OCO3)c1. The number of pyridine rings is 1. The van der Waals surface area contributed by atoms with Crippen LogP contribution in [0.5, 0.6) is 190 Å². The second-order valence-electron chi connectivity index (χ2n) is 33.2. The van der Waals surface area contributed by atoms with Crippen molar-refractivity contribution >= 4 is 40.8 Å². The van der Waals surface area contributed by atoms with Crippen LogP contribution in [-0.4, -0.2) is 129 Å². The number of anilines is 2. The van der Waals surface area contributed by atoms with Crippen LogP contribution in [0.3, 0.4) is 0 Å². The number of hydrogen-bond donors (Lipinski definition) is 4. The molecular weight excluding hydrogens is 1950 g/mol. The number of ether oxygens (including phenoxy) is 29. The van der Waals surface area contributed by atoms with Gasteiger partial charge in [-0.05, 0) is 217 Å². The van der Waals surface area contributed by atoms with Gasteiger partial charge in [-0.3, -0.25) is 24.0 Å². The van der Waals surface area contributed by atoms with E-state index in [2.05, 4.69) is 26.3 Å². The molecule has 12 aliphatic heterocycles. The van der Waals surface area contributed by atoms with Gasteiger partial charge in [0.15, 0.2) is 156 Å². The topological polar surface area (TPSA) is 414 Å². The van der Waals surface area contributed by atoms with Crippen molar-refractivity contribution in [3.05, 3.63) is 324 Å². The predicted molar refractivity (Wildman–Crippen MR) is 526 cm³/mol. The third kappa shape index (κ3) is 23.1. The van der Waals surface area contributed by atoms with Gasteiger partial charge in [0, 0.05) is 96.0 Å². The summed E-state index contributed by atoms with van der Waals surface area (Å²) < 4.78 is 156. The Morgan fingerprint density at radius 2 is 0.567 bits per heavy atom. The number of hydrogen-bond acceptors (Lipinski definition) is 35. The predicted octanol–water partition coefficient (Wildman–Crippen LogP) is 19.0. The minimum Gasteiger partial charge on any atom is -0.484 e. The van der Waals surface area contributed by atoms with Gasteiger partial charge in [0.1, 0.15) is 34.5 Å². The fourth-order valence-electron chi connectivity index (χ4n) is 15.9. The van der Waals surface area contributed by atoms with Crippen molar-refractivity contribution in [2.75, 3.05) is 105 Å². The molecule has 39 heteroatoms. The first-order chi connectivity index (χ1) is 73.7. The molecule has 0 spiro atoms. The average Bonchev–Trinajstić information content (AvgIpc) is 1.47. The lowest BCUT2D eigenvalue weighted by atomic mass is 10.0. The highest BCUT2D eigenvalue weighted by molar-refractivity contribution is 6.06. The number of amides is 4. The largest absolute Gasteiger partial charge is 0.484 e. The Morgan fingerprint density at radius 1 is 0.247 bits per heavy atom. The first-order valence-corrected chi connectivity index (χ1v) is 46.6. The van der Waals surface area contributed by atoms with Crippen LogP contribution in [-0.2, 0) is 24.2 Å². The summed E-state index contributed by atoms with van der Waals surface area (Å²) in [7, 11) is 0. The molecule has 39 nitrogen and oxygen atoms in total. The number of carbonyl (C=O) groups is 5. The van der Waals surface area contributed by atoms with E-state index in [4.69, 9.17) is 137 Å². The zero-order valence-electron chi connectivity index (χ0n) is 79.0. The third-order valence-corrected chi connectivity index (χ3v) is 23.4. The summed E-state index contributed by atoms with van der Waals surface area (Å²) in [6, 6.07) is 83.7. The second kappa shape index (κ2) is 44.1. The second-order valence-corrected chi connectivity index (χ2v) is 33.2. The maximum Gasteiger partial charge on any atom is 0.257 e. The number of benzene rings is 14. The molecule has 1 aromatic heterocycles. The Labute approximate surface area is 852 Å². The van der Waals surface area contributed by atoms with E-state index < -0.39 is 0 Å². The van der Waals surface area contributed by atoms with E-state index >= 15 is 0 Å². The molecule has 150 heavy (non-hydrogen) atoms. The van der Waals surface area contributed by atoms with Gasteiger partial charge in [0.05, 0.1) is 5.69 Å². The quantitative estimate of drug-likeness (QED) is 0.0408. The lowest BCUT2D eigenvalue weighted by Crippen LogP contribution is -2.30. The van der Waals surface area contributed by atoms with Crippen LogP contribution < -0.4 is 159 Å². The van der Waals surface area contributed by atoms with E-state index in [1.165, 1.54) is 0 Å². The monoisotopic (exact) mass is 2030 g/mol. The zero-order valence-corrected chi connectivity index (χ0v) is 79.0. The lowest BCUT2D eigenvalue weighted by molar-refractivity contribution is -0.123. The van der Waals surface area contributed by atoms with Crippen LogP contribution in [0.25, 0.3) is 0 Å². The van der Waals surface area contributed by atoms with Crippen LogP contribution in [0.2, 0.25) is 0 Å². The number of Topliss-reactive ketones (excluding diaryl/α,β-unsaturated/α-hetero) is 1. The van der Waals surface area contributed by atoms with E-state index in [1.54, 1.807) is 200 Å². The van der Waals surface area contributed by atoms with Crippen LogP contribution in [0.15, 0.2) is 285 Å². The van der Waals surface area contributed by atoms with Gasteiger partial charge >= 0.3 is 0 Å². The number of rotatable bonds is 24. The molecule has 0 saturated carbocycles. The first-order valence-electron chi connectivity index (χ1n) is 46.6. The summed E-state index contributed by atoms with van der Waals surface area (Å²) in [5.74, 6) is 20.0. The van der Waals surface area contributed by atoms with Crippen LogP contribution >= 0.6 is 0 Å². The van der Waals surface area contributed by atoms with E-state index in [-0.39, 0.29) is 118 Å². The number of carbonyl (C=O) groups excluding carboxylic acids is 5. The molecule has 0 unspecified atom stereocenters. The number of nitrogens with zero attached hydrogens (tertiary/aromatic N) is 1. The van der Waals surface area contributed by atoms with Gasteiger partial charge in [-0.2, -0.15) is 4.98 Å². The molecule has 0 radical (unpaired) electrons. The molecular formula is C111H85N5O34. The van der Waals surface area contributed by atoms with Crippen LogP contribution in [0.1, 0.15) is 58.1 Å². The van der Waals surface area contributed by atoms with Gasteiger partial charge in [-0.1, -0.05) is 42.5 Å². The maximum atomic E-state index is 12.7. The zero-order chi connectivity index (χ0) is 101. The molecule has 0 aliphatic carbocycles. The summed E-state index contributed by atoms with van der Waals surface area (Å²) in [6.45, 7) is 3.36. The van der Waals surface area contributed by atoms with Gasteiger partial charge in [-0.15, -0.1) is 0 Å². The summed E-state index contributed by atoms with van der Waals surface area (Å²) in [6.07, 6.45) is 0.996. The minimum absolute atomic E-state index is 0.0164. The Kier molecular flexibility index (Phi) is 27.9.